The van der Waals surface area contributed by atoms with Gasteiger partial charge in [-0.15, -0.1) is 0 Å². The molecule has 0 unspecified atom stereocenters. The molecule has 0 aliphatic carbocycles. The van der Waals surface area contributed by atoms with E-state index in [0.717, 1.165) is 37.3 Å². The van der Waals surface area contributed by atoms with E-state index in [1.807, 2.05) is 0 Å². The molecule has 3 rings (SSSR count). The zero-order valence-corrected chi connectivity index (χ0v) is 15.2. The first-order chi connectivity index (χ1) is 11.6. The summed E-state index contributed by atoms with van der Waals surface area (Å²) in [5.74, 6) is 1.24. The van der Waals surface area contributed by atoms with E-state index in [2.05, 4.69) is 79.6 Å². The minimum absolute atomic E-state index is 1.01. The second-order valence-electron chi connectivity index (χ2n) is 6.54. The molecule has 1 aromatic carbocycles. The molecule has 3 heteroatoms. The Bertz CT molecular complexity index is 826. The number of pyridine rings is 1. The Kier molecular flexibility index (Phi) is 4.89. The van der Waals surface area contributed by atoms with Crippen LogP contribution in [0, 0.1) is 13.8 Å². The van der Waals surface area contributed by atoms with Gasteiger partial charge in [-0.2, -0.15) is 0 Å². The van der Waals surface area contributed by atoms with E-state index in [1.54, 1.807) is 0 Å². The van der Waals surface area contributed by atoms with Gasteiger partial charge in [0, 0.05) is 24.8 Å². The van der Waals surface area contributed by atoms with Crippen LogP contribution in [-0.4, -0.2) is 22.5 Å². The number of nitrogens with zero attached hydrogens (tertiary/aromatic N) is 3. The molecule has 0 aliphatic rings. The first kappa shape index (κ1) is 16.6. The molecule has 0 saturated carbocycles. The van der Waals surface area contributed by atoms with Gasteiger partial charge in [-0.1, -0.05) is 43.7 Å². The molecule has 0 aliphatic heterocycles. The van der Waals surface area contributed by atoms with Crippen molar-refractivity contribution in [2.45, 2.75) is 40.5 Å². The molecule has 0 saturated heterocycles. The third-order valence-corrected chi connectivity index (χ3v) is 4.44. The highest BCUT2D eigenvalue weighted by atomic mass is 15.2. The van der Waals surface area contributed by atoms with Gasteiger partial charge >= 0.3 is 0 Å². The Hall–Kier alpha value is -2.29. The molecule has 0 spiro atoms. The van der Waals surface area contributed by atoms with Crippen LogP contribution < -0.4 is 4.90 Å². The lowest BCUT2D eigenvalue weighted by atomic mass is 10.0. The van der Waals surface area contributed by atoms with E-state index >= 15 is 0 Å². The van der Waals surface area contributed by atoms with E-state index in [9.17, 15) is 0 Å². The van der Waals surface area contributed by atoms with Gasteiger partial charge in [0.2, 0.25) is 0 Å². The standard InChI is InChI=1S/C21H27N3/c1-5-12-23(13-6-2)21-9-7-8-20-22-19(15-24(20)21)18-11-10-16(3)14-17(18)4/h7-11,14-15H,5-6,12-13H2,1-4H3. The van der Waals surface area contributed by atoms with E-state index in [0.29, 0.717) is 0 Å². The molecule has 0 bridgehead atoms. The van der Waals surface area contributed by atoms with E-state index < -0.39 is 0 Å². The normalized spacial score (nSPS) is 11.2. The number of hydrogen-bond acceptors (Lipinski definition) is 2. The number of aryl methyl sites for hydroxylation is 2. The van der Waals surface area contributed by atoms with Crippen molar-refractivity contribution >= 4 is 11.5 Å². The maximum atomic E-state index is 4.87. The maximum absolute atomic E-state index is 4.87. The number of benzene rings is 1. The monoisotopic (exact) mass is 321 g/mol. The summed E-state index contributed by atoms with van der Waals surface area (Å²) in [5.41, 5.74) is 5.84. The van der Waals surface area contributed by atoms with Crippen molar-refractivity contribution in [2.75, 3.05) is 18.0 Å². The molecule has 2 heterocycles. The van der Waals surface area contributed by atoms with Crippen molar-refractivity contribution < 1.29 is 0 Å². The van der Waals surface area contributed by atoms with Crippen LogP contribution in [0.15, 0.2) is 42.6 Å². The van der Waals surface area contributed by atoms with Crippen LogP contribution >= 0.6 is 0 Å². The van der Waals surface area contributed by atoms with Crippen molar-refractivity contribution in [2.24, 2.45) is 0 Å². The van der Waals surface area contributed by atoms with Crippen LogP contribution in [0.3, 0.4) is 0 Å². The number of aromatic nitrogens is 2. The molecule has 3 aromatic rings. The van der Waals surface area contributed by atoms with Gasteiger partial charge < -0.3 is 4.90 Å². The van der Waals surface area contributed by atoms with E-state index in [-0.39, 0.29) is 0 Å². The highest BCUT2D eigenvalue weighted by Gasteiger charge is 2.12. The Morgan fingerprint density at radius 3 is 2.42 bits per heavy atom. The molecule has 0 amide bonds. The van der Waals surface area contributed by atoms with Crippen molar-refractivity contribution in [1.29, 1.82) is 0 Å². The molecule has 3 nitrogen and oxygen atoms in total. The molecule has 24 heavy (non-hydrogen) atoms. The lowest BCUT2D eigenvalue weighted by molar-refractivity contribution is 0.729. The van der Waals surface area contributed by atoms with Gasteiger partial charge in [0.05, 0.1) is 5.69 Å². The Morgan fingerprint density at radius 2 is 1.75 bits per heavy atom. The Labute approximate surface area is 145 Å². The zero-order valence-electron chi connectivity index (χ0n) is 15.2. The third-order valence-electron chi connectivity index (χ3n) is 4.44. The summed E-state index contributed by atoms with van der Waals surface area (Å²) < 4.78 is 2.24. The average molecular weight is 321 g/mol. The molecular formula is C21H27N3. The fourth-order valence-corrected chi connectivity index (χ4v) is 3.37. The Morgan fingerprint density at radius 1 is 1.00 bits per heavy atom. The van der Waals surface area contributed by atoms with Crippen LogP contribution in [0.4, 0.5) is 5.82 Å². The number of rotatable bonds is 6. The number of fused-ring (bicyclic) bond motifs is 1. The molecule has 126 valence electrons. The SMILES string of the molecule is CCCN(CCC)c1cccc2nc(-c3ccc(C)cc3C)cn12. The van der Waals surface area contributed by atoms with Crippen LogP contribution in [0.1, 0.15) is 37.8 Å². The number of anilines is 1. The van der Waals surface area contributed by atoms with Gasteiger partial charge in [-0.05, 0) is 44.4 Å². The van der Waals surface area contributed by atoms with Crippen molar-refractivity contribution in [3.8, 4) is 11.3 Å². The zero-order chi connectivity index (χ0) is 17.1. The summed E-state index contributed by atoms with van der Waals surface area (Å²) >= 11 is 0. The average Bonchev–Trinajstić information content (AvgIpc) is 2.98. The van der Waals surface area contributed by atoms with Crippen molar-refractivity contribution in [3.05, 3.63) is 53.7 Å². The third kappa shape index (κ3) is 3.16. The molecule has 0 atom stereocenters. The molecule has 0 radical (unpaired) electrons. The van der Waals surface area contributed by atoms with Crippen LogP contribution in [0.25, 0.3) is 16.9 Å². The highest BCUT2D eigenvalue weighted by Crippen LogP contribution is 2.26. The largest absolute Gasteiger partial charge is 0.358 e. The summed E-state index contributed by atoms with van der Waals surface area (Å²) in [6, 6.07) is 13.0. The lowest BCUT2D eigenvalue weighted by Crippen LogP contribution is -2.26. The lowest BCUT2D eigenvalue weighted by Gasteiger charge is -2.24. The molecule has 0 N–H and O–H groups in total. The predicted octanol–water partition coefficient (Wildman–Crippen LogP) is 5.24. The van der Waals surface area contributed by atoms with Gasteiger partial charge in [0.15, 0.2) is 0 Å². The number of imidazole rings is 1. The van der Waals surface area contributed by atoms with Gasteiger partial charge in [0.25, 0.3) is 0 Å². The summed E-state index contributed by atoms with van der Waals surface area (Å²) in [6.45, 7) is 10.9. The fourth-order valence-electron chi connectivity index (χ4n) is 3.37. The minimum atomic E-state index is 1.01. The van der Waals surface area contributed by atoms with Gasteiger partial charge in [-0.25, -0.2) is 4.98 Å². The Balaban J connectivity index is 2.09. The number of hydrogen-bond donors (Lipinski definition) is 0. The quantitative estimate of drug-likeness (QED) is 0.618. The van der Waals surface area contributed by atoms with Gasteiger partial charge in [0.1, 0.15) is 11.5 Å². The minimum Gasteiger partial charge on any atom is -0.358 e. The first-order valence-electron chi connectivity index (χ1n) is 8.94. The fraction of sp³-hybridized carbons (Fsp3) is 0.381. The summed E-state index contributed by atoms with van der Waals surface area (Å²) in [7, 11) is 0. The van der Waals surface area contributed by atoms with Gasteiger partial charge in [-0.3, -0.25) is 4.40 Å². The maximum Gasteiger partial charge on any atom is 0.139 e. The second-order valence-corrected chi connectivity index (χ2v) is 6.54. The van der Waals surface area contributed by atoms with Crippen LogP contribution in [-0.2, 0) is 0 Å². The predicted molar refractivity (Wildman–Crippen MR) is 103 cm³/mol. The molecule has 2 aromatic heterocycles. The highest BCUT2D eigenvalue weighted by molar-refractivity contribution is 5.68. The summed E-state index contributed by atoms with van der Waals surface area (Å²) in [5, 5.41) is 0. The van der Waals surface area contributed by atoms with Crippen molar-refractivity contribution in [3.63, 3.8) is 0 Å². The second kappa shape index (κ2) is 7.08. The summed E-state index contributed by atoms with van der Waals surface area (Å²) in [6.07, 6.45) is 4.48. The van der Waals surface area contributed by atoms with Crippen LogP contribution in [0.5, 0.6) is 0 Å². The smallest absolute Gasteiger partial charge is 0.139 e. The molecular weight excluding hydrogens is 294 g/mol. The van der Waals surface area contributed by atoms with Crippen LogP contribution in [0.2, 0.25) is 0 Å². The van der Waals surface area contributed by atoms with E-state index in [4.69, 9.17) is 4.98 Å². The summed E-state index contributed by atoms with van der Waals surface area (Å²) in [4.78, 5) is 7.33. The molecule has 0 fully saturated rings. The first-order valence-corrected chi connectivity index (χ1v) is 8.94. The van der Waals surface area contributed by atoms with Crippen molar-refractivity contribution in [1.82, 2.24) is 9.38 Å². The van der Waals surface area contributed by atoms with E-state index in [1.165, 1.54) is 22.5 Å². The topological polar surface area (TPSA) is 20.5 Å².